The van der Waals surface area contributed by atoms with Crippen LogP contribution in [0.15, 0.2) is 21.1 Å². The van der Waals surface area contributed by atoms with Gasteiger partial charge in [0.05, 0.1) is 5.03 Å². The Morgan fingerprint density at radius 1 is 1.46 bits per heavy atom. The van der Waals surface area contributed by atoms with Gasteiger partial charge in [-0.2, -0.15) is 0 Å². The number of allylic oxidation sites excluding steroid dienone is 1. The van der Waals surface area contributed by atoms with E-state index in [-0.39, 0.29) is 0 Å². The Morgan fingerprint density at radius 3 is 2.46 bits per heavy atom. The summed E-state index contributed by atoms with van der Waals surface area (Å²) < 4.78 is 0. The van der Waals surface area contributed by atoms with Crippen LogP contribution in [0.3, 0.4) is 0 Å². The Labute approximate surface area is 84.4 Å². The SMILES string of the molecule is CC/C=C(/Cl)C(=NC)C(N)=NCC. The molecule has 13 heavy (non-hydrogen) atoms. The fraction of sp³-hybridized carbons (Fsp3) is 0.556. The van der Waals surface area contributed by atoms with E-state index >= 15 is 0 Å². The molecule has 0 amide bonds. The molecule has 0 saturated carbocycles. The number of aliphatic imine (C=N–C) groups is 2. The molecule has 0 atom stereocenters. The lowest BCUT2D eigenvalue weighted by molar-refractivity contribution is 1.13. The van der Waals surface area contributed by atoms with E-state index in [0.717, 1.165) is 6.42 Å². The molecule has 0 saturated heterocycles. The van der Waals surface area contributed by atoms with Gasteiger partial charge in [-0.1, -0.05) is 24.6 Å². The maximum Gasteiger partial charge on any atom is 0.145 e. The third kappa shape index (κ3) is 4.08. The van der Waals surface area contributed by atoms with Crippen molar-refractivity contribution in [3.05, 3.63) is 11.1 Å². The van der Waals surface area contributed by atoms with Gasteiger partial charge < -0.3 is 5.73 Å². The minimum Gasteiger partial charge on any atom is -0.382 e. The Bertz CT molecular complexity index is 219. The van der Waals surface area contributed by atoms with Crippen molar-refractivity contribution in [3.63, 3.8) is 0 Å². The predicted octanol–water partition coefficient (Wildman–Crippen LogP) is 1.97. The zero-order chi connectivity index (χ0) is 10.3. The quantitative estimate of drug-likeness (QED) is 0.549. The summed E-state index contributed by atoms with van der Waals surface area (Å²) in [5.41, 5.74) is 6.24. The molecule has 0 aromatic carbocycles. The van der Waals surface area contributed by atoms with Crippen molar-refractivity contribution >= 4 is 23.1 Å². The van der Waals surface area contributed by atoms with Gasteiger partial charge in [0.1, 0.15) is 11.5 Å². The summed E-state index contributed by atoms with van der Waals surface area (Å²) in [5, 5.41) is 0.569. The Hall–Kier alpha value is -0.830. The molecular formula is C9H16ClN3. The summed E-state index contributed by atoms with van der Waals surface area (Å²) >= 11 is 5.95. The van der Waals surface area contributed by atoms with E-state index in [1.165, 1.54) is 0 Å². The van der Waals surface area contributed by atoms with Crippen molar-refractivity contribution < 1.29 is 0 Å². The van der Waals surface area contributed by atoms with E-state index in [2.05, 4.69) is 9.98 Å². The van der Waals surface area contributed by atoms with Gasteiger partial charge in [0.25, 0.3) is 0 Å². The van der Waals surface area contributed by atoms with Gasteiger partial charge in [0, 0.05) is 13.6 Å². The van der Waals surface area contributed by atoms with Crippen LogP contribution in [0, 0.1) is 0 Å². The molecule has 2 N–H and O–H groups in total. The minimum atomic E-state index is 0.403. The highest BCUT2D eigenvalue weighted by Gasteiger charge is 2.06. The summed E-state index contributed by atoms with van der Waals surface area (Å²) in [6.07, 6.45) is 2.72. The van der Waals surface area contributed by atoms with E-state index in [0.29, 0.717) is 23.1 Å². The molecule has 0 aliphatic heterocycles. The van der Waals surface area contributed by atoms with Crippen LogP contribution in [-0.4, -0.2) is 25.1 Å². The Kier molecular flexibility index (Phi) is 6.24. The minimum absolute atomic E-state index is 0.403. The van der Waals surface area contributed by atoms with Crippen LogP contribution in [0.1, 0.15) is 20.3 Å². The maximum atomic E-state index is 5.95. The van der Waals surface area contributed by atoms with Crippen molar-refractivity contribution in [2.24, 2.45) is 15.7 Å². The van der Waals surface area contributed by atoms with Gasteiger partial charge in [-0.3, -0.25) is 9.98 Å². The average molecular weight is 202 g/mol. The lowest BCUT2D eigenvalue weighted by Crippen LogP contribution is -2.24. The van der Waals surface area contributed by atoms with Crippen molar-refractivity contribution in [1.82, 2.24) is 0 Å². The second-order valence-corrected chi connectivity index (χ2v) is 2.80. The number of nitrogens with two attached hydrogens (primary N) is 1. The van der Waals surface area contributed by atoms with Crippen LogP contribution in [0.5, 0.6) is 0 Å². The number of rotatable bonds is 4. The van der Waals surface area contributed by atoms with Gasteiger partial charge in [-0.05, 0) is 13.3 Å². The lowest BCUT2D eigenvalue weighted by Gasteiger charge is -2.02. The zero-order valence-electron chi connectivity index (χ0n) is 8.34. The van der Waals surface area contributed by atoms with Crippen LogP contribution in [0.2, 0.25) is 0 Å². The Balaban J connectivity index is 4.73. The Morgan fingerprint density at radius 2 is 2.08 bits per heavy atom. The second-order valence-electron chi connectivity index (χ2n) is 2.39. The molecule has 3 nitrogen and oxygen atoms in total. The first-order valence-corrected chi connectivity index (χ1v) is 4.68. The van der Waals surface area contributed by atoms with Crippen molar-refractivity contribution in [2.75, 3.05) is 13.6 Å². The molecule has 0 rings (SSSR count). The largest absolute Gasteiger partial charge is 0.382 e. The van der Waals surface area contributed by atoms with E-state index in [1.807, 2.05) is 19.9 Å². The summed E-state index contributed by atoms with van der Waals surface area (Å²) in [4.78, 5) is 8.02. The van der Waals surface area contributed by atoms with Gasteiger partial charge in [0.2, 0.25) is 0 Å². The highest BCUT2D eigenvalue weighted by molar-refractivity contribution is 6.60. The van der Waals surface area contributed by atoms with E-state index in [9.17, 15) is 0 Å². The topological polar surface area (TPSA) is 50.7 Å². The van der Waals surface area contributed by atoms with Crippen molar-refractivity contribution in [2.45, 2.75) is 20.3 Å². The molecule has 0 spiro atoms. The molecule has 0 unspecified atom stereocenters. The fourth-order valence-electron chi connectivity index (χ4n) is 0.865. The first kappa shape index (κ1) is 12.2. The third-order valence-electron chi connectivity index (χ3n) is 1.40. The summed E-state index contributed by atoms with van der Waals surface area (Å²) in [7, 11) is 1.65. The molecule has 0 fully saturated rings. The molecule has 0 aromatic rings. The van der Waals surface area contributed by atoms with Crippen LogP contribution >= 0.6 is 11.6 Å². The van der Waals surface area contributed by atoms with E-state index < -0.39 is 0 Å². The van der Waals surface area contributed by atoms with Gasteiger partial charge in [0.15, 0.2) is 0 Å². The summed E-state index contributed by atoms with van der Waals surface area (Å²) in [5.74, 6) is 0.403. The smallest absolute Gasteiger partial charge is 0.145 e. The van der Waals surface area contributed by atoms with Crippen LogP contribution < -0.4 is 5.73 Å². The molecule has 0 aliphatic carbocycles. The van der Waals surface area contributed by atoms with Gasteiger partial charge in [-0.25, -0.2) is 0 Å². The monoisotopic (exact) mass is 201 g/mol. The van der Waals surface area contributed by atoms with E-state index in [1.54, 1.807) is 7.05 Å². The fourth-order valence-corrected chi connectivity index (χ4v) is 1.20. The van der Waals surface area contributed by atoms with E-state index in [4.69, 9.17) is 17.3 Å². The van der Waals surface area contributed by atoms with Crippen LogP contribution in [-0.2, 0) is 0 Å². The molecule has 74 valence electrons. The number of nitrogens with zero attached hydrogens (tertiary/aromatic N) is 2. The maximum absolute atomic E-state index is 5.95. The number of hydrogen-bond donors (Lipinski definition) is 1. The first-order chi connectivity index (χ1) is 6.17. The molecule has 0 bridgehead atoms. The second kappa shape index (κ2) is 6.66. The highest BCUT2D eigenvalue weighted by atomic mass is 35.5. The molecular weight excluding hydrogens is 186 g/mol. The van der Waals surface area contributed by atoms with Crippen molar-refractivity contribution in [3.8, 4) is 0 Å². The molecule has 0 aromatic heterocycles. The summed E-state index contributed by atoms with van der Waals surface area (Å²) in [6.45, 7) is 4.56. The zero-order valence-corrected chi connectivity index (χ0v) is 9.10. The van der Waals surface area contributed by atoms with Gasteiger partial charge >= 0.3 is 0 Å². The molecule has 0 aliphatic rings. The standard InChI is InChI=1S/C9H16ClN3/c1-4-6-7(10)8(12-3)9(11)13-5-2/h6H,4-5H2,1-3H3,(H2,11,13)/b7-6+,12-8?. The predicted molar refractivity (Wildman–Crippen MR) is 59.7 cm³/mol. The highest BCUT2D eigenvalue weighted by Crippen LogP contribution is 2.06. The molecule has 0 radical (unpaired) electrons. The summed E-state index contributed by atoms with van der Waals surface area (Å²) in [6, 6.07) is 0. The molecule has 4 heteroatoms. The lowest BCUT2D eigenvalue weighted by atomic mass is 10.3. The number of hydrogen-bond acceptors (Lipinski definition) is 2. The van der Waals surface area contributed by atoms with Crippen LogP contribution in [0.25, 0.3) is 0 Å². The molecule has 0 heterocycles. The average Bonchev–Trinajstić information content (AvgIpc) is 2.06. The number of amidine groups is 1. The first-order valence-electron chi connectivity index (χ1n) is 4.30. The van der Waals surface area contributed by atoms with Gasteiger partial charge in [-0.15, -0.1) is 0 Å². The normalized spacial score (nSPS) is 14.9. The number of halogens is 1. The van der Waals surface area contributed by atoms with Crippen LogP contribution in [0.4, 0.5) is 0 Å². The van der Waals surface area contributed by atoms with Crippen molar-refractivity contribution in [1.29, 1.82) is 0 Å². The third-order valence-corrected chi connectivity index (χ3v) is 1.74.